The molecule has 0 heterocycles. The molecule has 0 amide bonds. The Morgan fingerprint density at radius 2 is 1.65 bits per heavy atom. The lowest BCUT2D eigenvalue weighted by molar-refractivity contribution is 0.104. The largest absolute Gasteiger partial charge is 0.289 e. The van der Waals surface area contributed by atoms with E-state index in [1.54, 1.807) is 0 Å². The number of ketones is 1. The third-order valence-electron chi connectivity index (χ3n) is 2.70. The first-order chi connectivity index (χ1) is 9.61. The maximum atomic E-state index is 13.4. The van der Waals surface area contributed by atoms with Crippen molar-refractivity contribution < 1.29 is 13.6 Å². The molecular formula is C16H9F2NO. The summed E-state index contributed by atoms with van der Waals surface area (Å²) in [6.07, 6.45) is 2.20. The van der Waals surface area contributed by atoms with Crippen molar-refractivity contribution in [3.63, 3.8) is 0 Å². The number of carbonyl (C=O) groups is 1. The molecule has 4 heteroatoms. The highest BCUT2D eigenvalue weighted by atomic mass is 19.1. The van der Waals surface area contributed by atoms with Gasteiger partial charge >= 0.3 is 0 Å². The fourth-order valence-corrected chi connectivity index (χ4v) is 1.63. The van der Waals surface area contributed by atoms with Crippen molar-refractivity contribution in [1.29, 1.82) is 5.26 Å². The van der Waals surface area contributed by atoms with Gasteiger partial charge in [-0.25, -0.2) is 8.78 Å². The van der Waals surface area contributed by atoms with Crippen molar-refractivity contribution in [2.45, 2.75) is 0 Å². The normalized spacial score (nSPS) is 10.4. The molecule has 98 valence electrons. The van der Waals surface area contributed by atoms with E-state index < -0.39 is 17.4 Å². The summed E-state index contributed by atoms with van der Waals surface area (Å²) in [5.74, 6) is -1.85. The lowest BCUT2D eigenvalue weighted by atomic mass is 10.1. The van der Waals surface area contributed by atoms with Gasteiger partial charge in [0.05, 0.1) is 11.6 Å². The van der Waals surface area contributed by atoms with Crippen molar-refractivity contribution in [2.75, 3.05) is 0 Å². The van der Waals surface area contributed by atoms with E-state index in [0.717, 1.165) is 24.3 Å². The fourth-order valence-electron chi connectivity index (χ4n) is 1.63. The van der Waals surface area contributed by atoms with Crippen LogP contribution in [0.5, 0.6) is 0 Å². The number of halogens is 2. The van der Waals surface area contributed by atoms with Gasteiger partial charge in [-0.15, -0.1) is 0 Å². The molecule has 0 atom stereocenters. The number of benzene rings is 2. The van der Waals surface area contributed by atoms with Crippen LogP contribution >= 0.6 is 0 Å². The van der Waals surface area contributed by atoms with E-state index in [9.17, 15) is 13.6 Å². The molecule has 2 aromatic carbocycles. The topological polar surface area (TPSA) is 40.9 Å². The molecule has 0 saturated heterocycles. The first kappa shape index (κ1) is 13.6. The predicted octanol–water partition coefficient (Wildman–Crippen LogP) is 3.73. The van der Waals surface area contributed by atoms with E-state index in [1.165, 1.54) is 30.3 Å². The van der Waals surface area contributed by atoms with Gasteiger partial charge in [0.1, 0.15) is 11.6 Å². The Morgan fingerprint density at radius 3 is 2.20 bits per heavy atom. The molecule has 0 aliphatic carbocycles. The molecule has 0 fully saturated rings. The van der Waals surface area contributed by atoms with Gasteiger partial charge in [-0.05, 0) is 48.6 Å². The van der Waals surface area contributed by atoms with Gasteiger partial charge in [0, 0.05) is 11.1 Å². The summed E-state index contributed by atoms with van der Waals surface area (Å²) in [6, 6.07) is 11.4. The van der Waals surface area contributed by atoms with Crippen LogP contribution in [0.4, 0.5) is 8.78 Å². The fraction of sp³-hybridized carbons (Fsp3) is 0. The molecule has 0 aliphatic rings. The number of nitriles is 1. The zero-order chi connectivity index (χ0) is 14.5. The van der Waals surface area contributed by atoms with Gasteiger partial charge in [-0.1, -0.05) is 6.07 Å². The van der Waals surface area contributed by atoms with E-state index in [-0.39, 0.29) is 5.56 Å². The highest BCUT2D eigenvalue weighted by Crippen LogP contribution is 2.14. The van der Waals surface area contributed by atoms with E-state index in [4.69, 9.17) is 5.26 Å². The highest BCUT2D eigenvalue weighted by molar-refractivity contribution is 6.06. The smallest absolute Gasteiger partial charge is 0.185 e. The third-order valence-corrected chi connectivity index (χ3v) is 2.70. The van der Waals surface area contributed by atoms with Crippen molar-refractivity contribution in [2.24, 2.45) is 0 Å². The molecule has 0 spiro atoms. The quantitative estimate of drug-likeness (QED) is 0.629. The van der Waals surface area contributed by atoms with E-state index in [1.807, 2.05) is 6.07 Å². The van der Waals surface area contributed by atoms with Crippen LogP contribution < -0.4 is 0 Å². The van der Waals surface area contributed by atoms with Crippen molar-refractivity contribution >= 4 is 11.9 Å². The third kappa shape index (κ3) is 2.96. The number of rotatable bonds is 3. The average Bonchev–Trinajstić information content (AvgIpc) is 2.46. The number of nitrogens with zero attached hydrogens (tertiary/aromatic N) is 1. The first-order valence-electron chi connectivity index (χ1n) is 5.78. The van der Waals surface area contributed by atoms with Crippen LogP contribution in [0.3, 0.4) is 0 Å². The molecule has 0 unspecified atom stereocenters. The Bertz CT molecular complexity index is 692. The molecule has 2 rings (SSSR count). The summed E-state index contributed by atoms with van der Waals surface area (Å²) in [6.45, 7) is 0. The van der Waals surface area contributed by atoms with Crippen LogP contribution in [-0.2, 0) is 0 Å². The minimum absolute atomic E-state index is 0.255. The van der Waals surface area contributed by atoms with E-state index in [2.05, 4.69) is 0 Å². The van der Waals surface area contributed by atoms with Crippen LogP contribution in [0, 0.1) is 23.0 Å². The minimum atomic E-state index is -0.728. The molecule has 20 heavy (non-hydrogen) atoms. The summed E-state index contributed by atoms with van der Waals surface area (Å²) in [7, 11) is 0. The second-order valence-corrected chi connectivity index (χ2v) is 4.02. The lowest BCUT2D eigenvalue weighted by Crippen LogP contribution is -1.95. The summed E-state index contributed by atoms with van der Waals surface area (Å²) >= 11 is 0. The minimum Gasteiger partial charge on any atom is -0.289 e. The zero-order valence-corrected chi connectivity index (χ0v) is 10.3. The van der Waals surface area contributed by atoms with Crippen molar-refractivity contribution in [1.82, 2.24) is 0 Å². The second-order valence-electron chi connectivity index (χ2n) is 4.02. The molecule has 0 bridgehead atoms. The molecule has 2 aromatic rings. The maximum Gasteiger partial charge on any atom is 0.185 e. The van der Waals surface area contributed by atoms with Gasteiger partial charge in [0.25, 0.3) is 0 Å². The summed E-state index contributed by atoms with van der Waals surface area (Å²) < 4.78 is 26.7. The Hall–Kier alpha value is -2.80. The van der Waals surface area contributed by atoms with E-state index >= 15 is 0 Å². The SMILES string of the molecule is N#Cc1ccc(C(=O)C=Cc2c(F)cccc2F)cc1. The average molecular weight is 269 g/mol. The Kier molecular flexibility index (Phi) is 4.02. The van der Waals surface area contributed by atoms with Crippen LogP contribution in [-0.4, -0.2) is 5.78 Å². The Balaban J connectivity index is 2.23. The molecule has 0 N–H and O–H groups in total. The van der Waals surface area contributed by atoms with Crippen LogP contribution in [0.1, 0.15) is 21.5 Å². The predicted molar refractivity (Wildman–Crippen MR) is 70.9 cm³/mol. The Morgan fingerprint density at radius 1 is 1.05 bits per heavy atom. The van der Waals surface area contributed by atoms with Gasteiger partial charge in [-0.3, -0.25) is 4.79 Å². The van der Waals surface area contributed by atoms with Crippen LogP contribution in [0.25, 0.3) is 6.08 Å². The summed E-state index contributed by atoms with van der Waals surface area (Å²) in [5, 5.41) is 8.65. The number of hydrogen-bond donors (Lipinski definition) is 0. The second kappa shape index (κ2) is 5.89. The maximum absolute atomic E-state index is 13.4. The highest BCUT2D eigenvalue weighted by Gasteiger charge is 2.06. The molecule has 0 aromatic heterocycles. The molecule has 2 nitrogen and oxygen atoms in total. The standard InChI is InChI=1S/C16H9F2NO/c17-14-2-1-3-15(18)13(14)8-9-16(20)12-6-4-11(10-19)5-7-12/h1-9H. The van der Waals surface area contributed by atoms with Crippen LogP contribution in [0.2, 0.25) is 0 Å². The molecule has 0 saturated carbocycles. The van der Waals surface area contributed by atoms with Crippen molar-refractivity contribution in [3.05, 3.63) is 76.9 Å². The Labute approximate surface area is 114 Å². The number of carbonyl (C=O) groups excluding carboxylic acids is 1. The van der Waals surface area contributed by atoms with Gasteiger partial charge < -0.3 is 0 Å². The lowest BCUT2D eigenvalue weighted by Gasteiger charge is -1.99. The molecule has 0 aliphatic heterocycles. The van der Waals surface area contributed by atoms with Crippen molar-refractivity contribution in [3.8, 4) is 6.07 Å². The number of hydrogen-bond acceptors (Lipinski definition) is 2. The summed E-state index contributed by atoms with van der Waals surface area (Å²) in [5.41, 5.74) is 0.525. The molecular weight excluding hydrogens is 260 g/mol. The van der Waals surface area contributed by atoms with Gasteiger partial charge in [0.2, 0.25) is 0 Å². The first-order valence-corrected chi connectivity index (χ1v) is 5.78. The molecule has 0 radical (unpaired) electrons. The van der Waals surface area contributed by atoms with Gasteiger partial charge in [-0.2, -0.15) is 5.26 Å². The monoisotopic (exact) mass is 269 g/mol. The zero-order valence-electron chi connectivity index (χ0n) is 10.3. The summed E-state index contributed by atoms with van der Waals surface area (Å²) in [4.78, 5) is 11.8. The number of allylic oxidation sites excluding steroid dienone is 1. The van der Waals surface area contributed by atoms with E-state index in [0.29, 0.717) is 11.1 Å². The van der Waals surface area contributed by atoms with Crippen LogP contribution in [0.15, 0.2) is 48.5 Å². The van der Waals surface area contributed by atoms with Gasteiger partial charge in [0.15, 0.2) is 5.78 Å².